The van der Waals surface area contributed by atoms with Crippen molar-refractivity contribution >= 4 is 41.0 Å². The van der Waals surface area contributed by atoms with Crippen LogP contribution in [0.2, 0.25) is 0 Å². The lowest BCUT2D eigenvalue weighted by molar-refractivity contribution is 0.214. The predicted octanol–water partition coefficient (Wildman–Crippen LogP) is 6.46. The van der Waals surface area contributed by atoms with E-state index < -0.39 is 0 Å². The van der Waals surface area contributed by atoms with Crippen LogP contribution < -0.4 is 0 Å². The summed E-state index contributed by atoms with van der Waals surface area (Å²) < 4.78 is 2.52. The molecule has 0 amide bonds. The highest BCUT2D eigenvalue weighted by molar-refractivity contribution is 8.01. The Bertz CT molecular complexity index is 934. The van der Waals surface area contributed by atoms with E-state index in [-0.39, 0.29) is 0 Å². The molecule has 5 nitrogen and oxygen atoms in total. The SMILES string of the molecule is C=C/C(SN1CCC(C2/C(C)=C\C(C)=NC=NC2CC)CC1)=C(/c1scnc1C)N(C)CC. The Morgan fingerprint density at radius 1 is 1.27 bits per heavy atom. The monoisotopic (exact) mass is 485 g/mol. The summed E-state index contributed by atoms with van der Waals surface area (Å²) in [5.74, 6) is 1.16. The van der Waals surface area contributed by atoms with Crippen LogP contribution in [-0.4, -0.2) is 59.0 Å². The van der Waals surface area contributed by atoms with Gasteiger partial charge in [-0.3, -0.25) is 4.99 Å². The number of aryl methyl sites for hydroxylation is 1. The molecule has 1 aromatic rings. The Hall–Kier alpha value is -1.70. The molecule has 0 bridgehead atoms. The number of aliphatic imine (C=N–C) groups is 2. The number of piperidine rings is 1. The molecule has 33 heavy (non-hydrogen) atoms. The third kappa shape index (κ3) is 6.25. The topological polar surface area (TPSA) is 44.1 Å². The molecule has 0 saturated carbocycles. The summed E-state index contributed by atoms with van der Waals surface area (Å²) in [4.78, 5) is 18.5. The summed E-state index contributed by atoms with van der Waals surface area (Å²) in [7, 11) is 2.16. The summed E-state index contributed by atoms with van der Waals surface area (Å²) in [6.45, 7) is 18.1. The summed E-state index contributed by atoms with van der Waals surface area (Å²) in [5, 5.41) is 0. The molecule has 2 aliphatic rings. The van der Waals surface area contributed by atoms with Crippen LogP contribution in [0.15, 0.2) is 44.7 Å². The van der Waals surface area contributed by atoms with Crippen LogP contribution in [0.5, 0.6) is 0 Å². The van der Waals surface area contributed by atoms with E-state index in [9.17, 15) is 0 Å². The standard InChI is InChI=1S/C26H39N5S2/c1-8-22-24(18(4)15-19(5)27-16-28-22)21-11-13-31(14-12-21)33-23(9-2)25(30(7)10-3)26-20(6)29-17-32-26/h9,15-17,21-22,24H,2,8,10-14H2,1,3-7H3/b18-15-,25-23+,27-19?,28-16?. The Balaban J connectivity index is 1.76. The maximum absolute atomic E-state index is 4.83. The number of aromatic nitrogens is 1. The summed E-state index contributed by atoms with van der Waals surface area (Å²) >= 11 is 3.57. The quantitative estimate of drug-likeness (QED) is 0.313. The molecule has 1 saturated heterocycles. The first-order valence-electron chi connectivity index (χ1n) is 12.0. The van der Waals surface area contributed by atoms with E-state index in [0.717, 1.165) is 37.5 Å². The number of allylic oxidation sites excluding steroid dienone is 2. The largest absolute Gasteiger partial charge is 0.373 e. The van der Waals surface area contributed by atoms with Gasteiger partial charge in [-0.25, -0.2) is 14.3 Å². The number of rotatable bonds is 8. The van der Waals surface area contributed by atoms with Gasteiger partial charge in [-0.05, 0) is 70.9 Å². The van der Waals surface area contributed by atoms with Gasteiger partial charge < -0.3 is 4.90 Å². The Morgan fingerprint density at radius 3 is 2.58 bits per heavy atom. The van der Waals surface area contributed by atoms with Crippen molar-refractivity contribution in [2.75, 3.05) is 26.7 Å². The van der Waals surface area contributed by atoms with E-state index in [1.807, 2.05) is 23.5 Å². The van der Waals surface area contributed by atoms with Gasteiger partial charge in [0.05, 0.1) is 27.8 Å². The van der Waals surface area contributed by atoms with E-state index in [1.165, 1.54) is 33.9 Å². The molecule has 3 rings (SSSR count). The highest BCUT2D eigenvalue weighted by atomic mass is 32.2. The van der Waals surface area contributed by atoms with Crippen LogP contribution in [-0.2, 0) is 0 Å². The second-order valence-corrected chi connectivity index (χ2v) is 11.0. The third-order valence-electron chi connectivity index (χ3n) is 6.78. The molecule has 7 heteroatoms. The smallest absolute Gasteiger partial charge is 0.110 e. The average Bonchev–Trinajstić information content (AvgIpc) is 3.22. The lowest BCUT2D eigenvalue weighted by Gasteiger charge is -2.39. The van der Waals surface area contributed by atoms with E-state index in [2.05, 4.69) is 73.5 Å². The molecule has 1 fully saturated rings. The first-order chi connectivity index (χ1) is 15.9. The number of hydrogen-bond acceptors (Lipinski definition) is 7. The fourth-order valence-corrected chi connectivity index (χ4v) is 6.99. The van der Waals surface area contributed by atoms with E-state index in [4.69, 9.17) is 4.99 Å². The zero-order chi connectivity index (χ0) is 24.0. The van der Waals surface area contributed by atoms with Gasteiger partial charge in [0.25, 0.3) is 0 Å². The highest BCUT2D eigenvalue weighted by Crippen LogP contribution is 2.40. The van der Waals surface area contributed by atoms with Crippen molar-refractivity contribution in [1.82, 2.24) is 14.2 Å². The van der Waals surface area contributed by atoms with Gasteiger partial charge in [0.15, 0.2) is 0 Å². The van der Waals surface area contributed by atoms with Crippen LogP contribution in [0.1, 0.15) is 57.5 Å². The lowest BCUT2D eigenvalue weighted by Crippen LogP contribution is -2.37. The fraction of sp³-hybridized carbons (Fsp3) is 0.577. The first-order valence-corrected chi connectivity index (χ1v) is 13.7. The minimum atomic E-state index is 0.324. The van der Waals surface area contributed by atoms with Crippen LogP contribution in [0.3, 0.4) is 0 Å². The molecular formula is C26H39N5S2. The Labute approximate surface area is 208 Å². The van der Waals surface area contributed by atoms with E-state index >= 15 is 0 Å². The van der Waals surface area contributed by atoms with Gasteiger partial charge in [0, 0.05) is 43.2 Å². The van der Waals surface area contributed by atoms with Crippen molar-refractivity contribution in [3.8, 4) is 0 Å². The molecule has 2 unspecified atom stereocenters. The van der Waals surface area contributed by atoms with Crippen LogP contribution in [0.25, 0.3) is 5.70 Å². The third-order valence-corrected chi connectivity index (χ3v) is 8.90. The van der Waals surface area contributed by atoms with Crippen molar-refractivity contribution in [2.45, 2.75) is 59.9 Å². The molecule has 0 spiro atoms. The fourth-order valence-electron chi connectivity index (χ4n) is 4.92. The molecule has 2 atom stereocenters. The van der Waals surface area contributed by atoms with Crippen LogP contribution in [0, 0.1) is 18.8 Å². The zero-order valence-corrected chi connectivity index (χ0v) is 22.7. The normalized spacial score (nSPS) is 24.9. The zero-order valence-electron chi connectivity index (χ0n) is 21.0. The van der Waals surface area contributed by atoms with E-state index in [1.54, 1.807) is 17.7 Å². The van der Waals surface area contributed by atoms with Crippen LogP contribution in [0.4, 0.5) is 0 Å². The summed E-state index contributed by atoms with van der Waals surface area (Å²) in [6, 6.07) is 0.324. The number of nitrogens with zero attached hydrogens (tertiary/aromatic N) is 5. The van der Waals surface area contributed by atoms with Gasteiger partial charge in [0.1, 0.15) is 6.34 Å². The van der Waals surface area contributed by atoms with Crippen molar-refractivity contribution in [2.24, 2.45) is 21.8 Å². The second-order valence-electron chi connectivity index (χ2n) is 8.98. The molecule has 180 valence electrons. The summed E-state index contributed by atoms with van der Waals surface area (Å²) in [6.07, 6.45) is 9.49. The average molecular weight is 486 g/mol. The van der Waals surface area contributed by atoms with Crippen LogP contribution >= 0.6 is 23.3 Å². The first kappa shape index (κ1) is 25.9. The van der Waals surface area contributed by atoms with Crippen molar-refractivity contribution in [3.63, 3.8) is 0 Å². The van der Waals surface area contributed by atoms with Crippen molar-refractivity contribution in [3.05, 3.63) is 45.3 Å². The van der Waals surface area contributed by atoms with Gasteiger partial charge in [-0.2, -0.15) is 0 Å². The molecule has 2 aliphatic heterocycles. The molecule has 3 heterocycles. The summed E-state index contributed by atoms with van der Waals surface area (Å²) in [5.41, 5.74) is 6.76. The molecule has 0 aromatic carbocycles. The number of hydrogen-bond donors (Lipinski definition) is 0. The second kappa shape index (κ2) is 12.1. The molecule has 0 radical (unpaired) electrons. The molecular weight excluding hydrogens is 446 g/mol. The highest BCUT2D eigenvalue weighted by Gasteiger charge is 2.33. The Kier molecular flexibility index (Phi) is 9.53. The Morgan fingerprint density at radius 2 is 2.00 bits per heavy atom. The maximum atomic E-state index is 4.83. The van der Waals surface area contributed by atoms with E-state index in [0.29, 0.717) is 17.9 Å². The van der Waals surface area contributed by atoms with Gasteiger partial charge >= 0.3 is 0 Å². The molecule has 0 N–H and O–H groups in total. The van der Waals surface area contributed by atoms with Gasteiger partial charge in [0.2, 0.25) is 0 Å². The minimum Gasteiger partial charge on any atom is -0.373 e. The van der Waals surface area contributed by atoms with Gasteiger partial charge in [-0.1, -0.05) is 25.2 Å². The van der Waals surface area contributed by atoms with Gasteiger partial charge in [-0.15, -0.1) is 11.3 Å². The number of thiazole rings is 1. The minimum absolute atomic E-state index is 0.324. The predicted molar refractivity (Wildman–Crippen MR) is 147 cm³/mol. The lowest BCUT2D eigenvalue weighted by atomic mass is 9.75. The molecule has 1 aromatic heterocycles. The van der Waals surface area contributed by atoms with Crippen molar-refractivity contribution in [1.29, 1.82) is 0 Å². The molecule has 0 aliphatic carbocycles. The maximum Gasteiger partial charge on any atom is 0.110 e. The van der Waals surface area contributed by atoms with Crippen molar-refractivity contribution < 1.29 is 0 Å².